The van der Waals surface area contributed by atoms with E-state index in [1.54, 1.807) is 6.07 Å². The molecule has 0 saturated carbocycles. The normalized spacial score (nSPS) is 10.9. The van der Waals surface area contributed by atoms with E-state index in [1.807, 2.05) is 24.3 Å². The SMILES string of the molecule is Fc1ccc2c(Cl)nc(-c3ccc(Br)cc3)nc2c1. The minimum absolute atomic E-state index is 0.322. The fourth-order valence-electron chi connectivity index (χ4n) is 1.79. The third-order valence-electron chi connectivity index (χ3n) is 2.71. The molecule has 0 atom stereocenters. The lowest BCUT2D eigenvalue weighted by Gasteiger charge is -2.05. The molecule has 0 aliphatic rings. The minimum Gasteiger partial charge on any atom is -0.228 e. The quantitative estimate of drug-likeness (QED) is 0.593. The fourth-order valence-corrected chi connectivity index (χ4v) is 2.30. The number of hydrogen-bond acceptors (Lipinski definition) is 2. The van der Waals surface area contributed by atoms with Gasteiger partial charge in [0.15, 0.2) is 5.82 Å². The zero-order valence-corrected chi connectivity index (χ0v) is 11.9. The van der Waals surface area contributed by atoms with Gasteiger partial charge in [-0.15, -0.1) is 0 Å². The maximum Gasteiger partial charge on any atom is 0.161 e. The van der Waals surface area contributed by atoms with Gasteiger partial charge in [0.1, 0.15) is 11.0 Å². The predicted octanol–water partition coefficient (Wildman–Crippen LogP) is 4.85. The van der Waals surface area contributed by atoms with E-state index < -0.39 is 0 Å². The Balaban J connectivity index is 2.22. The van der Waals surface area contributed by atoms with Crippen molar-refractivity contribution in [2.24, 2.45) is 0 Å². The van der Waals surface area contributed by atoms with Crippen molar-refractivity contribution in [3.63, 3.8) is 0 Å². The topological polar surface area (TPSA) is 25.8 Å². The summed E-state index contributed by atoms with van der Waals surface area (Å²) in [6.45, 7) is 0. The fraction of sp³-hybridized carbons (Fsp3) is 0. The molecule has 0 amide bonds. The van der Waals surface area contributed by atoms with Gasteiger partial charge in [0.05, 0.1) is 5.52 Å². The van der Waals surface area contributed by atoms with E-state index >= 15 is 0 Å². The molecule has 3 rings (SSSR count). The summed E-state index contributed by atoms with van der Waals surface area (Å²) in [5.74, 6) is 0.139. The molecule has 0 aliphatic carbocycles. The Morgan fingerprint density at radius 1 is 1.00 bits per heavy atom. The molecule has 0 bridgehead atoms. The number of rotatable bonds is 1. The summed E-state index contributed by atoms with van der Waals surface area (Å²) in [6.07, 6.45) is 0. The second-order valence-electron chi connectivity index (χ2n) is 4.01. The summed E-state index contributed by atoms with van der Waals surface area (Å²) in [5.41, 5.74) is 1.33. The highest BCUT2D eigenvalue weighted by Gasteiger charge is 2.08. The molecule has 0 unspecified atom stereocenters. The van der Waals surface area contributed by atoms with Crippen LogP contribution in [0.4, 0.5) is 4.39 Å². The molecular weight excluding hydrogens is 331 g/mol. The van der Waals surface area contributed by atoms with Crippen LogP contribution in [-0.2, 0) is 0 Å². The van der Waals surface area contributed by atoms with Crippen LogP contribution in [0.2, 0.25) is 5.15 Å². The molecule has 0 N–H and O–H groups in total. The van der Waals surface area contributed by atoms with Gasteiger partial charge >= 0.3 is 0 Å². The zero-order valence-electron chi connectivity index (χ0n) is 9.57. The van der Waals surface area contributed by atoms with Crippen molar-refractivity contribution < 1.29 is 4.39 Å². The van der Waals surface area contributed by atoms with Crippen LogP contribution in [0.1, 0.15) is 0 Å². The number of halogens is 3. The van der Waals surface area contributed by atoms with E-state index in [1.165, 1.54) is 12.1 Å². The van der Waals surface area contributed by atoms with Crippen molar-refractivity contribution in [1.82, 2.24) is 9.97 Å². The van der Waals surface area contributed by atoms with E-state index in [0.717, 1.165) is 10.0 Å². The molecule has 94 valence electrons. The molecule has 1 aromatic heterocycles. The highest BCUT2D eigenvalue weighted by Crippen LogP contribution is 2.26. The van der Waals surface area contributed by atoms with Crippen LogP contribution in [0.15, 0.2) is 46.9 Å². The van der Waals surface area contributed by atoms with E-state index in [4.69, 9.17) is 11.6 Å². The molecular formula is C14H7BrClFN2. The molecule has 0 spiro atoms. The first-order valence-corrected chi connectivity index (χ1v) is 6.69. The number of benzene rings is 2. The summed E-state index contributed by atoms with van der Waals surface area (Å²) in [7, 11) is 0. The molecule has 1 heterocycles. The van der Waals surface area contributed by atoms with Crippen molar-refractivity contribution in [3.8, 4) is 11.4 Å². The van der Waals surface area contributed by atoms with Crippen molar-refractivity contribution in [2.75, 3.05) is 0 Å². The van der Waals surface area contributed by atoms with E-state index in [9.17, 15) is 4.39 Å². The summed E-state index contributed by atoms with van der Waals surface area (Å²) in [4.78, 5) is 8.59. The number of fused-ring (bicyclic) bond motifs is 1. The highest BCUT2D eigenvalue weighted by molar-refractivity contribution is 9.10. The molecule has 2 nitrogen and oxygen atoms in total. The summed E-state index contributed by atoms with van der Waals surface area (Å²) in [5, 5.41) is 0.965. The van der Waals surface area contributed by atoms with Crippen molar-refractivity contribution in [3.05, 3.63) is 57.9 Å². The van der Waals surface area contributed by atoms with Crippen LogP contribution in [0.5, 0.6) is 0 Å². The Morgan fingerprint density at radius 2 is 1.74 bits per heavy atom. The molecule has 2 aromatic carbocycles. The zero-order chi connectivity index (χ0) is 13.4. The van der Waals surface area contributed by atoms with Gasteiger partial charge < -0.3 is 0 Å². The highest BCUT2D eigenvalue weighted by atomic mass is 79.9. The number of aromatic nitrogens is 2. The Labute approximate surface area is 122 Å². The predicted molar refractivity (Wildman–Crippen MR) is 77.6 cm³/mol. The van der Waals surface area contributed by atoms with Crippen LogP contribution in [0, 0.1) is 5.82 Å². The average molecular weight is 338 g/mol. The lowest BCUT2D eigenvalue weighted by atomic mass is 10.2. The second kappa shape index (κ2) is 4.87. The molecule has 0 aliphatic heterocycles. The van der Waals surface area contributed by atoms with Gasteiger partial charge in [0.2, 0.25) is 0 Å². The Hall–Kier alpha value is -1.52. The maximum absolute atomic E-state index is 13.2. The first kappa shape index (κ1) is 12.5. The van der Waals surface area contributed by atoms with Crippen molar-refractivity contribution in [2.45, 2.75) is 0 Å². The Bertz CT molecular complexity index is 759. The monoisotopic (exact) mass is 336 g/mol. The van der Waals surface area contributed by atoms with Gasteiger partial charge in [-0.1, -0.05) is 39.7 Å². The summed E-state index contributed by atoms with van der Waals surface area (Å²) < 4.78 is 14.2. The maximum atomic E-state index is 13.2. The summed E-state index contributed by atoms with van der Waals surface area (Å²) >= 11 is 9.48. The molecule has 0 fully saturated rings. The van der Waals surface area contributed by atoms with Crippen molar-refractivity contribution in [1.29, 1.82) is 0 Å². The molecule has 19 heavy (non-hydrogen) atoms. The van der Waals surface area contributed by atoms with Crippen LogP contribution in [0.3, 0.4) is 0 Å². The second-order valence-corrected chi connectivity index (χ2v) is 5.28. The molecule has 0 saturated heterocycles. The van der Waals surface area contributed by atoms with Gasteiger partial charge in [-0.05, 0) is 24.3 Å². The number of nitrogens with zero attached hydrogens (tertiary/aromatic N) is 2. The van der Waals surface area contributed by atoms with Crippen LogP contribution < -0.4 is 0 Å². The van der Waals surface area contributed by atoms with E-state index in [2.05, 4.69) is 25.9 Å². The third kappa shape index (κ3) is 2.46. The van der Waals surface area contributed by atoms with Gasteiger partial charge in [0, 0.05) is 21.5 Å². The third-order valence-corrected chi connectivity index (χ3v) is 3.53. The Kier molecular flexibility index (Phi) is 3.21. The molecule has 3 aromatic rings. The van der Waals surface area contributed by atoms with Gasteiger partial charge in [-0.2, -0.15) is 0 Å². The van der Waals surface area contributed by atoms with Crippen LogP contribution in [-0.4, -0.2) is 9.97 Å². The standard InChI is InChI=1S/C14H7BrClFN2/c15-9-3-1-8(2-4-9)14-18-12-7-10(17)5-6-11(12)13(16)19-14/h1-7H. The minimum atomic E-state index is -0.343. The van der Waals surface area contributed by atoms with Gasteiger partial charge in [0.25, 0.3) is 0 Å². The average Bonchev–Trinajstić information content (AvgIpc) is 2.38. The van der Waals surface area contributed by atoms with Crippen LogP contribution in [0.25, 0.3) is 22.3 Å². The largest absolute Gasteiger partial charge is 0.228 e. The Morgan fingerprint density at radius 3 is 2.47 bits per heavy atom. The number of hydrogen-bond donors (Lipinski definition) is 0. The van der Waals surface area contributed by atoms with Gasteiger partial charge in [-0.25, -0.2) is 14.4 Å². The first-order valence-electron chi connectivity index (χ1n) is 5.52. The lowest BCUT2D eigenvalue weighted by molar-refractivity contribution is 0.629. The summed E-state index contributed by atoms with van der Waals surface area (Å²) in [6, 6.07) is 11.8. The van der Waals surface area contributed by atoms with E-state index in [-0.39, 0.29) is 5.82 Å². The van der Waals surface area contributed by atoms with Crippen molar-refractivity contribution >= 4 is 38.4 Å². The molecule has 0 radical (unpaired) electrons. The lowest BCUT2D eigenvalue weighted by Crippen LogP contribution is -1.92. The first-order chi connectivity index (χ1) is 9.13. The molecule has 5 heteroatoms. The smallest absolute Gasteiger partial charge is 0.161 e. The van der Waals surface area contributed by atoms with Gasteiger partial charge in [-0.3, -0.25) is 0 Å². The van der Waals surface area contributed by atoms with E-state index in [0.29, 0.717) is 21.9 Å². The van der Waals surface area contributed by atoms with Crippen LogP contribution >= 0.6 is 27.5 Å².